The molecule has 8 heteroatoms. The summed E-state index contributed by atoms with van der Waals surface area (Å²) in [6.45, 7) is 9.30. The lowest BCUT2D eigenvalue weighted by Crippen LogP contribution is -2.45. The zero-order chi connectivity index (χ0) is 23.3. The lowest BCUT2D eigenvalue weighted by molar-refractivity contribution is -0.116. The molecule has 1 amide bonds. The number of benzene rings is 2. The van der Waals surface area contributed by atoms with Crippen molar-refractivity contribution in [3.63, 3.8) is 0 Å². The normalized spacial score (nSPS) is 15.1. The highest BCUT2D eigenvalue weighted by Gasteiger charge is 2.17. The van der Waals surface area contributed by atoms with Crippen LogP contribution in [0.5, 0.6) is 0 Å². The van der Waals surface area contributed by atoms with Crippen LogP contribution < -0.4 is 5.32 Å². The number of anilines is 1. The minimum atomic E-state index is -0.115. The summed E-state index contributed by atoms with van der Waals surface area (Å²) in [5.74, 6) is -0.115. The predicted octanol–water partition coefficient (Wildman–Crippen LogP) is 3.06. The van der Waals surface area contributed by atoms with Crippen LogP contribution in [0.2, 0.25) is 0 Å². The van der Waals surface area contributed by atoms with E-state index in [9.17, 15) is 4.79 Å². The van der Waals surface area contributed by atoms with Crippen molar-refractivity contribution in [1.29, 1.82) is 0 Å². The molecule has 0 radical (unpaired) electrons. The molecule has 1 aliphatic heterocycles. The Hall–Kier alpha value is -3.49. The van der Waals surface area contributed by atoms with Gasteiger partial charge in [0, 0.05) is 62.1 Å². The van der Waals surface area contributed by atoms with Gasteiger partial charge in [0.05, 0.1) is 11.9 Å². The van der Waals surface area contributed by atoms with Crippen molar-refractivity contribution in [2.45, 2.75) is 26.6 Å². The van der Waals surface area contributed by atoms with Gasteiger partial charge in [-0.1, -0.05) is 42.5 Å². The molecule has 0 bridgehead atoms. The maximum atomic E-state index is 12.6. The molecule has 0 atom stereocenters. The third kappa shape index (κ3) is 5.35. The Kier molecular flexibility index (Phi) is 6.69. The van der Waals surface area contributed by atoms with E-state index in [1.54, 1.807) is 4.68 Å². The van der Waals surface area contributed by atoms with E-state index in [1.807, 2.05) is 24.4 Å². The SMILES string of the molecule is CCN1CCN(Cc2cn(CC(=O)Nc3ccc4c(ccn4Cc4ccccc4)c3)nn2)CC1. The number of hydrogen-bond donors (Lipinski definition) is 1. The number of piperazine rings is 1. The van der Waals surface area contributed by atoms with Crippen LogP contribution in [0.25, 0.3) is 10.9 Å². The van der Waals surface area contributed by atoms with Crippen molar-refractivity contribution < 1.29 is 4.79 Å². The van der Waals surface area contributed by atoms with E-state index in [4.69, 9.17) is 0 Å². The number of likely N-dealkylation sites (N-methyl/N-ethyl adjacent to an activating group) is 1. The van der Waals surface area contributed by atoms with E-state index < -0.39 is 0 Å². The van der Waals surface area contributed by atoms with Crippen LogP contribution in [0.4, 0.5) is 5.69 Å². The number of rotatable bonds is 8. The highest BCUT2D eigenvalue weighted by atomic mass is 16.2. The molecular weight excluding hydrogens is 426 g/mol. The highest BCUT2D eigenvalue weighted by Crippen LogP contribution is 2.21. The average molecular weight is 458 g/mol. The molecule has 34 heavy (non-hydrogen) atoms. The molecule has 0 aliphatic carbocycles. The number of fused-ring (bicyclic) bond motifs is 1. The Morgan fingerprint density at radius 2 is 1.76 bits per heavy atom. The van der Waals surface area contributed by atoms with Crippen LogP contribution in [0.1, 0.15) is 18.2 Å². The van der Waals surface area contributed by atoms with E-state index in [-0.39, 0.29) is 12.5 Å². The Bertz CT molecular complexity index is 1240. The van der Waals surface area contributed by atoms with Crippen LogP contribution in [0.15, 0.2) is 67.0 Å². The minimum Gasteiger partial charge on any atom is -0.343 e. The fourth-order valence-electron chi connectivity index (χ4n) is 4.52. The second-order valence-corrected chi connectivity index (χ2v) is 8.87. The number of hydrogen-bond acceptors (Lipinski definition) is 5. The van der Waals surface area contributed by atoms with E-state index in [2.05, 4.69) is 79.5 Å². The molecule has 4 aromatic rings. The van der Waals surface area contributed by atoms with Crippen molar-refractivity contribution in [2.24, 2.45) is 0 Å². The summed E-state index contributed by atoms with van der Waals surface area (Å²) in [5.41, 5.74) is 4.08. The van der Waals surface area contributed by atoms with Crippen LogP contribution >= 0.6 is 0 Å². The molecule has 1 aliphatic rings. The highest BCUT2D eigenvalue weighted by molar-refractivity contribution is 5.93. The van der Waals surface area contributed by atoms with Gasteiger partial charge in [0.15, 0.2) is 0 Å². The maximum absolute atomic E-state index is 12.6. The molecule has 176 valence electrons. The molecule has 5 rings (SSSR count). The Morgan fingerprint density at radius 3 is 2.56 bits per heavy atom. The third-order valence-corrected chi connectivity index (χ3v) is 6.44. The second kappa shape index (κ2) is 10.2. The van der Waals surface area contributed by atoms with Gasteiger partial charge in [0.1, 0.15) is 6.54 Å². The fourth-order valence-corrected chi connectivity index (χ4v) is 4.52. The van der Waals surface area contributed by atoms with Gasteiger partial charge < -0.3 is 14.8 Å². The molecule has 0 unspecified atom stereocenters. The Labute approximate surface area is 199 Å². The Morgan fingerprint density at radius 1 is 0.971 bits per heavy atom. The number of amides is 1. The number of nitrogens with one attached hydrogen (secondary N) is 1. The number of carbonyl (C=O) groups is 1. The molecule has 3 heterocycles. The lowest BCUT2D eigenvalue weighted by Gasteiger charge is -2.33. The largest absolute Gasteiger partial charge is 0.343 e. The average Bonchev–Trinajstić information content (AvgIpc) is 3.46. The van der Waals surface area contributed by atoms with E-state index in [0.717, 1.165) is 68.1 Å². The molecule has 0 spiro atoms. The first-order chi connectivity index (χ1) is 16.7. The van der Waals surface area contributed by atoms with Gasteiger partial charge in [0.2, 0.25) is 5.91 Å². The first kappa shape index (κ1) is 22.3. The first-order valence-corrected chi connectivity index (χ1v) is 11.9. The van der Waals surface area contributed by atoms with Crippen LogP contribution in [0.3, 0.4) is 0 Å². The summed E-state index contributed by atoms with van der Waals surface area (Å²) in [6.07, 6.45) is 3.96. The van der Waals surface area contributed by atoms with Crippen molar-refractivity contribution in [3.05, 3.63) is 78.2 Å². The van der Waals surface area contributed by atoms with Crippen molar-refractivity contribution in [3.8, 4) is 0 Å². The van der Waals surface area contributed by atoms with Crippen molar-refractivity contribution in [1.82, 2.24) is 29.4 Å². The van der Waals surface area contributed by atoms with Crippen molar-refractivity contribution in [2.75, 3.05) is 38.0 Å². The predicted molar refractivity (Wildman–Crippen MR) is 134 cm³/mol. The van der Waals surface area contributed by atoms with Gasteiger partial charge in [-0.15, -0.1) is 5.10 Å². The molecular formula is C26H31N7O. The summed E-state index contributed by atoms with van der Waals surface area (Å²) in [6, 6.07) is 18.5. The smallest absolute Gasteiger partial charge is 0.246 e. The van der Waals surface area contributed by atoms with E-state index >= 15 is 0 Å². The lowest BCUT2D eigenvalue weighted by atomic mass is 10.2. The zero-order valence-corrected chi connectivity index (χ0v) is 19.6. The van der Waals surface area contributed by atoms with Crippen LogP contribution in [0, 0.1) is 0 Å². The molecule has 2 aromatic heterocycles. The molecule has 0 saturated carbocycles. The van der Waals surface area contributed by atoms with E-state index in [1.165, 1.54) is 5.56 Å². The Balaban J connectivity index is 1.16. The number of nitrogens with zero attached hydrogens (tertiary/aromatic N) is 6. The fraction of sp³-hybridized carbons (Fsp3) is 0.346. The standard InChI is InChI=1S/C26H31N7O/c1-2-30-12-14-31(15-13-30)18-24-19-33(29-28-24)20-26(34)27-23-8-9-25-22(16-23)10-11-32(25)17-21-6-4-3-5-7-21/h3-11,16,19H,2,12-15,17-18,20H2,1H3,(H,27,34). The molecule has 1 saturated heterocycles. The van der Waals surface area contributed by atoms with Gasteiger partial charge in [-0.05, 0) is 36.4 Å². The second-order valence-electron chi connectivity index (χ2n) is 8.87. The molecule has 1 N–H and O–H groups in total. The van der Waals surface area contributed by atoms with Crippen LogP contribution in [-0.4, -0.2) is 68.0 Å². The monoisotopic (exact) mass is 457 g/mol. The van der Waals surface area contributed by atoms with Crippen molar-refractivity contribution >= 4 is 22.5 Å². The molecule has 1 fully saturated rings. The van der Waals surface area contributed by atoms with Gasteiger partial charge in [-0.2, -0.15) is 0 Å². The summed E-state index contributed by atoms with van der Waals surface area (Å²) in [5, 5.41) is 12.5. The van der Waals surface area contributed by atoms with E-state index in [0.29, 0.717) is 0 Å². The third-order valence-electron chi connectivity index (χ3n) is 6.44. The van der Waals surface area contributed by atoms with Crippen LogP contribution in [-0.2, 0) is 24.4 Å². The minimum absolute atomic E-state index is 0.115. The summed E-state index contributed by atoms with van der Waals surface area (Å²) >= 11 is 0. The summed E-state index contributed by atoms with van der Waals surface area (Å²) in [4.78, 5) is 17.5. The summed E-state index contributed by atoms with van der Waals surface area (Å²) in [7, 11) is 0. The molecule has 2 aromatic carbocycles. The number of aromatic nitrogens is 4. The van der Waals surface area contributed by atoms with Gasteiger partial charge >= 0.3 is 0 Å². The molecule has 8 nitrogen and oxygen atoms in total. The van der Waals surface area contributed by atoms with Gasteiger partial charge in [-0.3, -0.25) is 9.69 Å². The zero-order valence-electron chi connectivity index (χ0n) is 19.6. The first-order valence-electron chi connectivity index (χ1n) is 11.9. The summed E-state index contributed by atoms with van der Waals surface area (Å²) < 4.78 is 3.83. The number of carbonyl (C=O) groups excluding carboxylic acids is 1. The van der Waals surface area contributed by atoms with Gasteiger partial charge in [0.25, 0.3) is 0 Å². The quantitative estimate of drug-likeness (QED) is 0.440. The topological polar surface area (TPSA) is 71.2 Å². The van der Waals surface area contributed by atoms with Gasteiger partial charge in [-0.25, -0.2) is 4.68 Å². The maximum Gasteiger partial charge on any atom is 0.246 e.